The quantitative estimate of drug-likeness (QED) is 0.399. The van der Waals surface area contributed by atoms with Gasteiger partial charge in [0.1, 0.15) is 12.6 Å². The molecule has 194 valence electrons. The van der Waals surface area contributed by atoms with Gasteiger partial charge in [0, 0.05) is 43.4 Å². The second-order valence-electron chi connectivity index (χ2n) is 9.74. The average molecular weight is 506 g/mol. The van der Waals surface area contributed by atoms with Gasteiger partial charge in [0.15, 0.2) is 22.8 Å². The summed E-state index contributed by atoms with van der Waals surface area (Å²) in [4.78, 5) is 20.7. The van der Waals surface area contributed by atoms with E-state index in [1.807, 2.05) is 35.8 Å². The monoisotopic (exact) mass is 505 g/mol. The van der Waals surface area contributed by atoms with Gasteiger partial charge >= 0.3 is 0 Å². The van der Waals surface area contributed by atoms with Gasteiger partial charge in [0.2, 0.25) is 0 Å². The lowest BCUT2D eigenvalue weighted by atomic mass is 10.0. The molecule has 1 N–H and O–H groups in total. The first-order chi connectivity index (χ1) is 18.2. The Labute approximate surface area is 215 Å². The molecule has 0 bridgehead atoms. The molecule has 6 rings (SSSR count). The van der Waals surface area contributed by atoms with Crippen LogP contribution in [0.15, 0.2) is 36.9 Å². The smallest absolute Gasteiger partial charge is 0.167 e. The highest BCUT2D eigenvalue weighted by Gasteiger charge is 2.23. The number of ether oxygens (including phenoxy) is 2. The van der Waals surface area contributed by atoms with Gasteiger partial charge in [0.05, 0.1) is 37.0 Å². The molecule has 3 aromatic heterocycles. The largest absolute Gasteiger partial charge is 0.379 e. The highest BCUT2D eigenvalue weighted by molar-refractivity contribution is 5.86. The molecule has 0 saturated carbocycles. The number of halogens is 1. The number of nitrogens with zero attached hydrogens (tertiary/aromatic N) is 6. The molecule has 2 fully saturated rings. The SMILES string of the molecule is C[C@H](Nc1ncnc2c1ncn2C1CCCCO1)c1nc(CCN2CCOCC2)c2ccccc2c1F. The molecule has 10 heteroatoms. The molecular weight excluding hydrogens is 473 g/mol. The van der Waals surface area contributed by atoms with Crippen molar-refractivity contribution in [1.29, 1.82) is 0 Å². The van der Waals surface area contributed by atoms with E-state index >= 15 is 4.39 Å². The number of imidazole rings is 1. The maximum atomic E-state index is 15.8. The molecule has 2 atom stereocenters. The maximum absolute atomic E-state index is 15.8. The van der Waals surface area contributed by atoms with Crippen LogP contribution in [0, 0.1) is 5.82 Å². The van der Waals surface area contributed by atoms with Gasteiger partial charge in [-0.15, -0.1) is 0 Å². The number of nitrogens with one attached hydrogen (secondary N) is 1. The Balaban J connectivity index is 1.29. The van der Waals surface area contributed by atoms with Crippen molar-refractivity contribution in [2.75, 3.05) is 44.8 Å². The van der Waals surface area contributed by atoms with Crippen LogP contribution >= 0.6 is 0 Å². The van der Waals surface area contributed by atoms with E-state index in [0.29, 0.717) is 28.1 Å². The zero-order valence-electron chi connectivity index (χ0n) is 21.1. The number of rotatable bonds is 7. The fourth-order valence-electron chi connectivity index (χ4n) is 5.27. The third kappa shape index (κ3) is 4.88. The van der Waals surface area contributed by atoms with Crippen LogP contribution in [-0.2, 0) is 15.9 Å². The molecule has 4 aromatic rings. The lowest BCUT2D eigenvalue weighted by molar-refractivity contribution is -0.0298. The number of fused-ring (bicyclic) bond motifs is 2. The number of hydrogen-bond donors (Lipinski definition) is 1. The molecule has 1 unspecified atom stereocenters. The molecule has 2 aliphatic heterocycles. The molecule has 1 aromatic carbocycles. The van der Waals surface area contributed by atoms with E-state index in [9.17, 15) is 0 Å². The van der Waals surface area contributed by atoms with Crippen LogP contribution in [0.25, 0.3) is 21.9 Å². The summed E-state index contributed by atoms with van der Waals surface area (Å²) in [7, 11) is 0. The first kappa shape index (κ1) is 24.1. The van der Waals surface area contributed by atoms with Gasteiger partial charge in [-0.05, 0) is 26.2 Å². The summed E-state index contributed by atoms with van der Waals surface area (Å²) >= 11 is 0. The summed E-state index contributed by atoms with van der Waals surface area (Å²) in [6.45, 7) is 6.82. The molecule has 37 heavy (non-hydrogen) atoms. The van der Waals surface area contributed by atoms with E-state index in [0.717, 1.165) is 76.2 Å². The molecule has 2 aliphatic rings. The van der Waals surface area contributed by atoms with Crippen LogP contribution < -0.4 is 5.32 Å². The Morgan fingerprint density at radius 1 is 1.08 bits per heavy atom. The normalized spacial score (nSPS) is 19.9. The summed E-state index contributed by atoms with van der Waals surface area (Å²) in [5, 5.41) is 4.81. The van der Waals surface area contributed by atoms with E-state index in [2.05, 4.69) is 25.2 Å². The molecular formula is C27H32FN7O2. The summed E-state index contributed by atoms with van der Waals surface area (Å²) in [5.41, 5.74) is 2.61. The molecule has 0 amide bonds. The third-order valence-corrected chi connectivity index (χ3v) is 7.31. The van der Waals surface area contributed by atoms with Crippen molar-refractivity contribution in [1.82, 2.24) is 29.4 Å². The first-order valence-electron chi connectivity index (χ1n) is 13.1. The Kier molecular flexibility index (Phi) is 6.95. The number of benzene rings is 1. The van der Waals surface area contributed by atoms with E-state index in [4.69, 9.17) is 14.5 Å². The Bertz CT molecular complexity index is 1380. The van der Waals surface area contributed by atoms with Gasteiger partial charge in [-0.3, -0.25) is 14.5 Å². The lowest BCUT2D eigenvalue weighted by Crippen LogP contribution is -2.37. The predicted molar refractivity (Wildman–Crippen MR) is 139 cm³/mol. The van der Waals surface area contributed by atoms with Gasteiger partial charge < -0.3 is 14.8 Å². The van der Waals surface area contributed by atoms with Gasteiger partial charge in [-0.2, -0.15) is 0 Å². The molecule has 2 saturated heterocycles. The standard InChI is InChI=1S/C27H32FN7O2/c1-18(32-26-25-27(30-16-29-26)35(17-31-25)22-8-4-5-13-37-22)24-23(28)20-7-3-2-6-19(20)21(33-24)9-10-34-11-14-36-15-12-34/h2-3,6-7,16-18,22H,4-5,8-15H2,1H3,(H,29,30,32)/t18-,22?/m0/s1. The van der Waals surface area contributed by atoms with Crippen LogP contribution in [0.2, 0.25) is 0 Å². The fraction of sp³-hybridized carbons (Fsp3) is 0.481. The number of hydrogen-bond acceptors (Lipinski definition) is 8. The zero-order chi connectivity index (χ0) is 25.2. The van der Waals surface area contributed by atoms with Gasteiger partial charge in [0.25, 0.3) is 0 Å². The van der Waals surface area contributed by atoms with Crippen molar-refractivity contribution < 1.29 is 13.9 Å². The highest BCUT2D eigenvalue weighted by Crippen LogP contribution is 2.31. The molecule has 9 nitrogen and oxygen atoms in total. The van der Waals surface area contributed by atoms with Crippen molar-refractivity contribution in [2.24, 2.45) is 0 Å². The summed E-state index contributed by atoms with van der Waals surface area (Å²) in [5.74, 6) is 0.244. The number of aromatic nitrogens is 5. The summed E-state index contributed by atoms with van der Waals surface area (Å²) in [6, 6.07) is 7.16. The van der Waals surface area contributed by atoms with Crippen molar-refractivity contribution in [3.63, 3.8) is 0 Å². The van der Waals surface area contributed by atoms with E-state index in [-0.39, 0.29) is 12.0 Å². The van der Waals surface area contributed by atoms with Crippen LogP contribution in [0.3, 0.4) is 0 Å². The van der Waals surface area contributed by atoms with Crippen molar-refractivity contribution in [3.8, 4) is 0 Å². The number of morpholine rings is 1. The molecule has 5 heterocycles. The third-order valence-electron chi connectivity index (χ3n) is 7.31. The maximum Gasteiger partial charge on any atom is 0.167 e. The molecule has 0 spiro atoms. The topological polar surface area (TPSA) is 90.2 Å². The lowest BCUT2D eigenvalue weighted by Gasteiger charge is -2.26. The summed E-state index contributed by atoms with van der Waals surface area (Å²) in [6.07, 6.45) is 7.03. The molecule has 0 radical (unpaired) electrons. The summed E-state index contributed by atoms with van der Waals surface area (Å²) < 4.78 is 29.1. The zero-order valence-corrected chi connectivity index (χ0v) is 21.1. The highest BCUT2D eigenvalue weighted by atomic mass is 19.1. The van der Waals surface area contributed by atoms with Gasteiger partial charge in [-0.1, -0.05) is 24.3 Å². The average Bonchev–Trinajstić information content (AvgIpc) is 3.39. The number of anilines is 1. The van der Waals surface area contributed by atoms with E-state index in [1.165, 1.54) is 6.33 Å². The predicted octanol–water partition coefficient (Wildman–Crippen LogP) is 4.26. The Morgan fingerprint density at radius 2 is 1.92 bits per heavy atom. The fourth-order valence-corrected chi connectivity index (χ4v) is 5.27. The van der Waals surface area contributed by atoms with Gasteiger partial charge in [-0.25, -0.2) is 19.3 Å². The minimum atomic E-state index is -0.430. The van der Waals surface area contributed by atoms with Crippen LogP contribution in [0.4, 0.5) is 10.2 Å². The Morgan fingerprint density at radius 3 is 2.73 bits per heavy atom. The second-order valence-corrected chi connectivity index (χ2v) is 9.74. The van der Waals surface area contributed by atoms with Crippen molar-refractivity contribution >= 4 is 27.8 Å². The second kappa shape index (κ2) is 10.6. The van der Waals surface area contributed by atoms with Crippen LogP contribution in [0.1, 0.15) is 49.8 Å². The van der Waals surface area contributed by atoms with Crippen molar-refractivity contribution in [3.05, 3.63) is 54.1 Å². The minimum Gasteiger partial charge on any atom is -0.379 e. The van der Waals surface area contributed by atoms with E-state index < -0.39 is 6.04 Å². The van der Waals surface area contributed by atoms with E-state index in [1.54, 1.807) is 6.33 Å². The Hall–Kier alpha value is -3.21. The molecule has 0 aliphatic carbocycles. The first-order valence-corrected chi connectivity index (χ1v) is 13.1. The van der Waals surface area contributed by atoms with Crippen LogP contribution in [-0.4, -0.2) is 68.9 Å². The van der Waals surface area contributed by atoms with Crippen molar-refractivity contribution in [2.45, 2.75) is 44.9 Å². The number of pyridine rings is 1. The van der Waals surface area contributed by atoms with Crippen LogP contribution in [0.5, 0.6) is 0 Å². The minimum absolute atomic E-state index is 0.0763.